The molecule has 1 heterocycles. The van der Waals surface area contributed by atoms with Gasteiger partial charge >= 0.3 is 0 Å². The summed E-state index contributed by atoms with van der Waals surface area (Å²) in [7, 11) is 1.91. The van der Waals surface area contributed by atoms with Crippen LogP contribution in [0.5, 0.6) is 5.75 Å². The largest absolute Gasteiger partial charge is 0.492 e. The van der Waals surface area contributed by atoms with Crippen molar-refractivity contribution in [3.63, 3.8) is 0 Å². The highest BCUT2D eigenvalue weighted by Crippen LogP contribution is 2.16. The summed E-state index contributed by atoms with van der Waals surface area (Å²) in [6.07, 6.45) is 2.96. The Kier molecular flexibility index (Phi) is 7.29. The van der Waals surface area contributed by atoms with E-state index in [9.17, 15) is 0 Å². The fraction of sp³-hybridized carbons (Fsp3) is 0.444. The number of unbranched alkanes of at least 4 members (excludes halogenated alkanes) is 1. The van der Waals surface area contributed by atoms with Crippen molar-refractivity contribution in [3.8, 4) is 5.75 Å². The van der Waals surface area contributed by atoms with Gasteiger partial charge in [-0.05, 0) is 31.2 Å². The number of nitrogens with two attached hydrogens (primary N) is 1. The first-order chi connectivity index (χ1) is 11.7. The molecule has 0 spiro atoms. The van der Waals surface area contributed by atoms with E-state index in [1.807, 2.05) is 25.2 Å². The predicted octanol–water partition coefficient (Wildman–Crippen LogP) is 2.46. The smallest absolute Gasteiger partial charge is 0.222 e. The summed E-state index contributed by atoms with van der Waals surface area (Å²) in [5.41, 5.74) is 7.89. The minimum atomic E-state index is 0.304. The first-order valence-corrected chi connectivity index (χ1v) is 8.45. The molecule has 130 valence electrons. The molecule has 2 aromatic rings. The second-order valence-electron chi connectivity index (χ2n) is 5.66. The first kappa shape index (κ1) is 18.0. The SMILES string of the molecule is CCCCNc1cc(Cc2ccc(OCCNC)cc2)nc(N)n1. The summed E-state index contributed by atoms with van der Waals surface area (Å²) in [6, 6.07) is 10.0. The minimum Gasteiger partial charge on any atom is -0.492 e. The lowest BCUT2D eigenvalue weighted by Crippen LogP contribution is -2.15. The molecule has 0 unspecified atom stereocenters. The van der Waals surface area contributed by atoms with Gasteiger partial charge in [-0.3, -0.25) is 0 Å². The highest BCUT2D eigenvalue weighted by atomic mass is 16.5. The topological polar surface area (TPSA) is 85.1 Å². The van der Waals surface area contributed by atoms with Gasteiger partial charge in [0.25, 0.3) is 0 Å². The first-order valence-electron chi connectivity index (χ1n) is 8.45. The number of hydrogen-bond acceptors (Lipinski definition) is 6. The zero-order valence-corrected chi connectivity index (χ0v) is 14.5. The van der Waals surface area contributed by atoms with Crippen LogP contribution in [0.4, 0.5) is 11.8 Å². The Morgan fingerprint density at radius 2 is 1.92 bits per heavy atom. The maximum absolute atomic E-state index is 5.82. The number of rotatable bonds is 10. The Morgan fingerprint density at radius 1 is 1.12 bits per heavy atom. The van der Waals surface area contributed by atoms with Crippen LogP contribution in [0.1, 0.15) is 31.0 Å². The van der Waals surface area contributed by atoms with E-state index < -0.39 is 0 Å². The third-order valence-corrected chi connectivity index (χ3v) is 3.56. The van der Waals surface area contributed by atoms with E-state index in [1.54, 1.807) is 0 Å². The van der Waals surface area contributed by atoms with Gasteiger partial charge in [0, 0.05) is 25.6 Å². The maximum atomic E-state index is 5.82. The molecule has 2 rings (SSSR count). The summed E-state index contributed by atoms with van der Waals surface area (Å²) in [4.78, 5) is 8.56. The molecule has 0 fully saturated rings. The summed E-state index contributed by atoms with van der Waals surface area (Å²) >= 11 is 0. The highest BCUT2D eigenvalue weighted by molar-refractivity contribution is 5.42. The quantitative estimate of drug-likeness (QED) is 0.581. The standard InChI is InChI=1S/C18H27N5O/c1-3-4-9-21-17-13-15(22-18(19)23-17)12-14-5-7-16(8-6-14)24-11-10-20-2/h5-8,13,20H,3-4,9-12H2,1-2H3,(H3,19,21,22,23). The molecule has 0 atom stereocenters. The van der Waals surface area contributed by atoms with Crippen molar-refractivity contribution < 1.29 is 4.74 Å². The van der Waals surface area contributed by atoms with Gasteiger partial charge < -0.3 is 21.1 Å². The summed E-state index contributed by atoms with van der Waals surface area (Å²) < 4.78 is 5.63. The van der Waals surface area contributed by atoms with Crippen molar-refractivity contribution in [1.82, 2.24) is 15.3 Å². The monoisotopic (exact) mass is 329 g/mol. The van der Waals surface area contributed by atoms with Crippen LogP contribution in [0.15, 0.2) is 30.3 Å². The van der Waals surface area contributed by atoms with Gasteiger partial charge in [-0.25, -0.2) is 4.98 Å². The van der Waals surface area contributed by atoms with E-state index in [0.29, 0.717) is 19.0 Å². The molecule has 0 radical (unpaired) electrons. The lowest BCUT2D eigenvalue weighted by Gasteiger charge is -2.09. The van der Waals surface area contributed by atoms with Gasteiger partial charge in [0.2, 0.25) is 5.95 Å². The van der Waals surface area contributed by atoms with Gasteiger partial charge in [-0.2, -0.15) is 4.98 Å². The summed E-state index contributed by atoms with van der Waals surface area (Å²) in [5.74, 6) is 1.97. The van der Waals surface area contributed by atoms with Crippen LogP contribution in [0.3, 0.4) is 0 Å². The highest BCUT2D eigenvalue weighted by Gasteiger charge is 2.04. The lowest BCUT2D eigenvalue weighted by molar-refractivity contribution is 0.318. The molecule has 4 N–H and O–H groups in total. The molecule has 0 bridgehead atoms. The van der Waals surface area contributed by atoms with Crippen molar-refractivity contribution in [2.45, 2.75) is 26.2 Å². The van der Waals surface area contributed by atoms with Gasteiger partial charge in [0.1, 0.15) is 18.2 Å². The average Bonchev–Trinajstić information content (AvgIpc) is 2.56. The fourth-order valence-corrected chi connectivity index (χ4v) is 2.28. The second kappa shape index (κ2) is 9.72. The van der Waals surface area contributed by atoms with Crippen LogP contribution >= 0.6 is 0 Å². The summed E-state index contributed by atoms with van der Waals surface area (Å²) in [5, 5.41) is 6.35. The number of benzene rings is 1. The van der Waals surface area contributed by atoms with Crippen molar-refractivity contribution in [3.05, 3.63) is 41.6 Å². The Hall–Kier alpha value is -2.34. The molecule has 1 aromatic heterocycles. The molecule has 0 aliphatic rings. The van der Waals surface area contributed by atoms with Crippen LogP contribution < -0.4 is 21.1 Å². The number of nitrogens with one attached hydrogen (secondary N) is 2. The number of nitrogen functional groups attached to an aromatic ring is 1. The van der Waals surface area contributed by atoms with E-state index in [2.05, 4.69) is 39.7 Å². The lowest BCUT2D eigenvalue weighted by atomic mass is 10.1. The minimum absolute atomic E-state index is 0.304. The number of hydrogen-bond donors (Lipinski definition) is 3. The van der Waals surface area contributed by atoms with Crippen LogP contribution in [-0.2, 0) is 6.42 Å². The molecule has 0 saturated heterocycles. The Morgan fingerprint density at radius 3 is 2.62 bits per heavy atom. The second-order valence-corrected chi connectivity index (χ2v) is 5.66. The van der Waals surface area contributed by atoms with Crippen LogP contribution in [0, 0.1) is 0 Å². The number of aromatic nitrogens is 2. The number of nitrogens with zero attached hydrogens (tertiary/aromatic N) is 2. The fourth-order valence-electron chi connectivity index (χ4n) is 2.28. The molecule has 0 aliphatic heterocycles. The van der Waals surface area contributed by atoms with E-state index in [-0.39, 0.29) is 0 Å². The van der Waals surface area contributed by atoms with Crippen molar-refractivity contribution in [2.24, 2.45) is 0 Å². The van der Waals surface area contributed by atoms with Crippen LogP contribution in [0.2, 0.25) is 0 Å². The maximum Gasteiger partial charge on any atom is 0.222 e. The van der Waals surface area contributed by atoms with Crippen LogP contribution in [-0.4, -0.2) is 36.7 Å². The Labute approximate surface area is 143 Å². The van der Waals surface area contributed by atoms with E-state index in [0.717, 1.165) is 48.8 Å². The average molecular weight is 329 g/mol. The van der Waals surface area contributed by atoms with Gasteiger partial charge in [-0.1, -0.05) is 25.5 Å². The van der Waals surface area contributed by atoms with Gasteiger partial charge in [0.05, 0.1) is 5.69 Å². The third kappa shape index (κ3) is 6.04. The van der Waals surface area contributed by atoms with Gasteiger partial charge in [0.15, 0.2) is 0 Å². The Bertz CT molecular complexity index is 615. The molecule has 1 aromatic carbocycles. The zero-order valence-electron chi connectivity index (χ0n) is 14.5. The molecule has 24 heavy (non-hydrogen) atoms. The zero-order chi connectivity index (χ0) is 17.2. The molecule has 6 nitrogen and oxygen atoms in total. The van der Waals surface area contributed by atoms with Crippen molar-refractivity contribution in [2.75, 3.05) is 37.8 Å². The molecule has 0 aliphatic carbocycles. The van der Waals surface area contributed by atoms with E-state index >= 15 is 0 Å². The molecule has 0 amide bonds. The van der Waals surface area contributed by atoms with E-state index in [1.165, 1.54) is 0 Å². The van der Waals surface area contributed by atoms with Crippen LogP contribution in [0.25, 0.3) is 0 Å². The number of likely N-dealkylation sites (N-methyl/N-ethyl adjacent to an activating group) is 1. The molecular weight excluding hydrogens is 302 g/mol. The molecule has 0 saturated carbocycles. The molecular formula is C18H27N5O. The molecule has 6 heteroatoms. The third-order valence-electron chi connectivity index (χ3n) is 3.56. The normalized spacial score (nSPS) is 10.6. The van der Waals surface area contributed by atoms with E-state index in [4.69, 9.17) is 10.5 Å². The summed E-state index contributed by atoms with van der Waals surface area (Å²) in [6.45, 7) is 4.54. The van der Waals surface area contributed by atoms with Crippen molar-refractivity contribution >= 4 is 11.8 Å². The van der Waals surface area contributed by atoms with Gasteiger partial charge in [-0.15, -0.1) is 0 Å². The number of ether oxygens (including phenoxy) is 1. The number of anilines is 2. The predicted molar refractivity (Wildman–Crippen MR) is 98.5 cm³/mol. The Balaban J connectivity index is 1.96. The van der Waals surface area contributed by atoms with Crippen molar-refractivity contribution in [1.29, 1.82) is 0 Å².